The lowest BCUT2D eigenvalue weighted by molar-refractivity contribution is 0.0695. The molecule has 0 bridgehead atoms. The smallest absolute Gasteiger partial charge is 0.336 e. The summed E-state index contributed by atoms with van der Waals surface area (Å²) in [5.41, 5.74) is 0.817. The van der Waals surface area contributed by atoms with E-state index in [2.05, 4.69) is 10.0 Å². The standard InChI is InChI=1S/C17H16ClN3O5S/c1-10-14(16(22)23)8-11(18)9-15(10)27(25,26)20-12-2-4-13(5-3-12)21-7-6-19-17(21)24/h2-5,8-9,20H,6-7H2,1H3,(H,19,24)(H,22,23). The van der Waals surface area contributed by atoms with E-state index in [1.54, 1.807) is 17.0 Å². The van der Waals surface area contributed by atoms with Gasteiger partial charge in [0, 0.05) is 29.5 Å². The van der Waals surface area contributed by atoms with Crippen LogP contribution in [0.4, 0.5) is 16.2 Å². The summed E-state index contributed by atoms with van der Waals surface area (Å²) in [5, 5.41) is 11.9. The first kappa shape index (κ1) is 19.0. The van der Waals surface area contributed by atoms with E-state index >= 15 is 0 Å². The lowest BCUT2D eigenvalue weighted by Gasteiger charge is -2.16. The Hall–Kier alpha value is -2.78. The Morgan fingerprint density at radius 1 is 1.26 bits per heavy atom. The summed E-state index contributed by atoms with van der Waals surface area (Å²) in [4.78, 5) is 24.3. The second-order valence-corrected chi connectivity index (χ2v) is 8.00. The summed E-state index contributed by atoms with van der Waals surface area (Å²) in [7, 11) is -4.06. The molecule has 3 rings (SSSR count). The Balaban J connectivity index is 1.89. The first-order chi connectivity index (χ1) is 12.7. The second kappa shape index (κ2) is 7.09. The number of hydrogen-bond donors (Lipinski definition) is 3. The van der Waals surface area contributed by atoms with Gasteiger partial charge < -0.3 is 10.4 Å². The molecule has 1 saturated heterocycles. The lowest BCUT2D eigenvalue weighted by Crippen LogP contribution is -2.27. The zero-order valence-electron chi connectivity index (χ0n) is 14.2. The van der Waals surface area contributed by atoms with Gasteiger partial charge >= 0.3 is 12.0 Å². The van der Waals surface area contributed by atoms with E-state index in [9.17, 15) is 23.1 Å². The maximum Gasteiger partial charge on any atom is 0.336 e. The van der Waals surface area contributed by atoms with E-state index in [0.717, 1.165) is 0 Å². The number of benzene rings is 2. The maximum atomic E-state index is 12.7. The van der Waals surface area contributed by atoms with Crippen molar-refractivity contribution < 1.29 is 23.1 Å². The van der Waals surface area contributed by atoms with Crippen molar-refractivity contribution in [1.82, 2.24) is 5.32 Å². The minimum Gasteiger partial charge on any atom is -0.478 e. The maximum absolute atomic E-state index is 12.7. The molecule has 142 valence electrons. The number of sulfonamides is 1. The highest BCUT2D eigenvalue weighted by atomic mass is 35.5. The number of rotatable bonds is 5. The van der Waals surface area contributed by atoms with Crippen molar-refractivity contribution in [1.29, 1.82) is 0 Å². The van der Waals surface area contributed by atoms with Crippen molar-refractivity contribution >= 4 is 45.0 Å². The minimum atomic E-state index is -4.06. The van der Waals surface area contributed by atoms with Crippen molar-refractivity contribution in [2.24, 2.45) is 0 Å². The minimum absolute atomic E-state index is 0.00812. The van der Waals surface area contributed by atoms with Gasteiger partial charge in [0.25, 0.3) is 10.0 Å². The molecule has 1 aliphatic rings. The van der Waals surface area contributed by atoms with Crippen LogP contribution in [0.2, 0.25) is 5.02 Å². The Bertz CT molecular complexity index is 1020. The van der Waals surface area contributed by atoms with Crippen molar-refractivity contribution in [3.8, 4) is 0 Å². The van der Waals surface area contributed by atoms with Gasteiger partial charge in [-0.15, -0.1) is 0 Å². The predicted molar refractivity (Wildman–Crippen MR) is 101 cm³/mol. The molecule has 0 saturated carbocycles. The Morgan fingerprint density at radius 3 is 2.48 bits per heavy atom. The molecule has 1 fully saturated rings. The first-order valence-electron chi connectivity index (χ1n) is 7.91. The van der Waals surface area contributed by atoms with Crippen molar-refractivity contribution in [2.75, 3.05) is 22.7 Å². The average Bonchev–Trinajstić information content (AvgIpc) is 3.02. The number of carbonyl (C=O) groups excluding carboxylic acids is 1. The van der Waals surface area contributed by atoms with E-state index in [4.69, 9.17) is 11.6 Å². The van der Waals surface area contributed by atoms with Crippen molar-refractivity contribution in [3.05, 3.63) is 52.5 Å². The van der Waals surface area contributed by atoms with Crippen LogP contribution in [0, 0.1) is 6.92 Å². The number of halogens is 1. The molecule has 3 N–H and O–H groups in total. The van der Waals surface area contributed by atoms with E-state index in [1.165, 1.54) is 31.2 Å². The number of nitrogens with one attached hydrogen (secondary N) is 2. The summed E-state index contributed by atoms with van der Waals surface area (Å²) in [6.45, 7) is 2.49. The van der Waals surface area contributed by atoms with Gasteiger partial charge in [0.1, 0.15) is 0 Å². The highest BCUT2D eigenvalue weighted by molar-refractivity contribution is 7.92. The fraction of sp³-hybridized carbons (Fsp3) is 0.176. The molecule has 0 radical (unpaired) electrons. The van der Waals surface area contributed by atoms with Crippen LogP contribution in [0.15, 0.2) is 41.3 Å². The van der Waals surface area contributed by atoms with Crippen molar-refractivity contribution in [2.45, 2.75) is 11.8 Å². The number of aromatic carboxylic acids is 1. The first-order valence-corrected chi connectivity index (χ1v) is 9.77. The Morgan fingerprint density at radius 2 is 1.93 bits per heavy atom. The predicted octanol–water partition coefficient (Wildman–Crippen LogP) is 2.68. The monoisotopic (exact) mass is 409 g/mol. The number of nitrogens with zero attached hydrogens (tertiary/aromatic N) is 1. The molecule has 2 amide bonds. The zero-order chi connectivity index (χ0) is 19.8. The average molecular weight is 410 g/mol. The molecule has 2 aromatic carbocycles. The molecule has 1 heterocycles. The lowest BCUT2D eigenvalue weighted by atomic mass is 10.1. The van der Waals surface area contributed by atoms with Crippen LogP contribution in [0.3, 0.4) is 0 Å². The van der Waals surface area contributed by atoms with Gasteiger partial charge in [-0.3, -0.25) is 9.62 Å². The van der Waals surface area contributed by atoms with Crippen LogP contribution in [0.5, 0.6) is 0 Å². The molecule has 27 heavy (non-hydrogen) atoms. The molecule has 1 aliphatic heterocycles. The quantitative estimate of drug-likeness (QED) is 0.702. The van der Waals surface area contributed by atoms with E-state index in [0.29, 0.717) is 18.8 Å². The summed E-state index contributed by atoms with van der Waals surface area (Å²) < 4.78 is 27.8. The molecule has 2 aromatic rings. The number of carboxylic acids is 1. The van der Waals surface area contributed by atoms with Crippen molar-refractivity contribution in [3.63, 3.8) is 0 Å². The second-order valence-electron chi connectivity index (χ2n) is 5.92. The molecule has 8 nitrogen and oxygen atoms in total. The summed E-state index contributed by atoms with van der Waals surface area (Å²) >= 11 is 5.88. The molecule has 10 heteroatoms. The number of amides is 2. The largest absolute Gasteiger partial charge is 0.478 e. The van der Waals surface area contributed by atoms with Gasteiger partial charge in [-0.05, 0) is 48.9 Å². The zero-order valence-corrected chi connectivity index (χ0v) is 15.8. The number of urea groups is 1. The third kappa shape index (κ3) is 3.83. The van der Waals surface area contributed by atoms with E-state index in [1.807, 2.05) is 0 Å². The fourth-order valence-electron chi connectivity index (χ4n) is 2.79. The van der Waals surface area contributed by atoms with Gasteiger partial charge in [-0.25, -0.2) is 18.0 Å². The van der Waals surface area contributed by atoms with Gasteiger partial charge in [0.2, 0.25) is 0 Å². The van der Waals surface area contributed by atoms with Crippen LogP contribution >= 0.6 is 11.6 Å². The molecule has 0 atom stereocenters. The fourth-order valence-corrected chi connectivity index (χ4v) is 4.43. The highest BCUT2D eigenvalue weighted by Crippen LogP contribution is 2.27. The summed E-state index contributed by atoms with van der Waals surface area (Å²) in [6.07, 6.45) is 0. The molecule has 0 aliphatic carbocycles. The number of anilines is 2. The number of carbonyl (C=O) groups is 2. The third-order valence-corrected chi connectivity index (χ3v) is 5.86. The Kier molecular flexibility index (Phi) is 4.99. The topological polar surface area (TPSA) is 116 Å². The van der Waals surface area contributed by atoms with Gasteiger partial charge in [0.05, 0.1) is 10.5 Å². The number of carboxylic acid groups (broad SMARTS) is 1. The van der Waals surface area contributed by atoms with Gasteiger partial charge in [-0.2, -0.15) is 0 Å². The van der Waals surface area contributed by atoms with Crippen LogP contribution in [-0.4, -0.2) is 38.6 Å². The molecule has 0 spiro atoms. The summed E-state index contributed by atoms with van der Waals surface area (Å²) in [6, 6.07) is 8.49. The molecule has 0 unspecified atom stereocenters. The van der Waals surface area contributed by atoms with Crippen LogP contribution in [0.1, 0.15) is 15.9 Å². The van der Waals surface area contributed by atoms with Gasteiger partial charge in [0.15, 0.2) is 0 Å². The number of hydrogen-bond acceptors (Lipinski definition) is 4. The molecular formula is C17H16ClN3O5S. The normalized spacial score (nSPS) is 14.1. The van der Waals surface area contributed by atoms with Crippen LogP contribution in [0.25, 0.3) is 0 Å². The van der Waals surface area contributed by atoms with E-state index < -0.39 is 16.0 Å². The van der Waals surface area contributed by atoms with Crippen LogP contribution < -0.4 is 14.9 Å². The van der Waals surface area contributed by atoms with E-state index in [-0.39, 0.29) is 32.8 Å². The highest BCUT2D eigenvalue weighted by Gasteiger charge is 2.23. The third-order valence-electron chi connectivity index (χ3n) is 4.13. The molecule has 0 aromatic heterocycles. The van der Waals surface area contributed by atoms with Crippen LogP contribution in [-0.2, 0) is 10.0 Å². The molecular weight excluding hydrogens is 394 g/mol. The van der Waals surface area contributed by atoms with Gasteiger partial charge in [-0.1, -0.05) is 11.6 Å². The Labute approximate surface area is 160 Å². The SMILES string of the molecule is Cc1c(C(=O)O)cc(Cl)cc1S(=O)(=O)Nc1ccc(N2CCNC2=O)cc1. The summed E-state index contributed by atoms with van der Waals surface area (Å²) in [5.74, 6) is -1.26.